The Morgan fingerprint density at radius 2 is 1.74 bits per heavy atom. The summed E-state index contributed by atoms with van der Waals surface area (Å²) >= 11 is 1.41. The second-order valence-corrected chi connectivity index (χ2v) is 7.58. The molecule has 2 aromatic carbocycles. The number of ether oxygens (including phenoxy) is 3. The summed E-state index contributed by atoms with van der Waals surface area (Å²) in [6, 6.07) is 15.3. The summed E-state index contributed by atoms with van der Waals surface area (Å²) < 4.78 is 17.3. The van der Waals surface area contributed by atoms with Gasteiger partial charge in [-0.1, -0.05) is 24.3 Å². The number of benzene rings is 2. The van der Waals surface area contributed by atoms with E-state index in [4.69, 9.17) is 14.2 Å². The first-order valence-electron chi connectivity index (χ1n) is 10.5. The van der Waals surface area contributed by atoms with Gasteiger partial charge in [0.15, 0.2) is 16.7 Å². The van der Waals surface area contributed by atoms with E-state index in [1.54, 1.807) is 4.90 Å². The van der Waals surface area contributed by atoms with Crippen LogP contribution in [0.25, 0.3) is 6.08 Å². The summed E-state index contributed by atoms with van der Waals surface area (Å²) in [5.74, 6) is 2.08. The molecule has 164 valence electrons. The Bertz CT molecular complexity index is 944. The van der Waals surface area contributed by atoms with Crippen LogP contribution in [0.5, 0.6) is 17.2 Å². The van der Waals surface area contributed by atoms with Crippen molar-refractivity contribution in [1.29, 1.82) is 0 Å². The molecule has 0 N–H and O–H groups in total. The van der Waals surface area contributed by atoms with Crippen molar-refractivity contribution in [3.63, 3.8) is 0 Å². The molecule has 0 unspecified atom stereocenters. The summed E-state index contributed by atoms with van der Waals surface area (Å²) in [4.78, 5) is 19.5. The van der Waals surface area contributed by atoms with Gasteiger partial charge in [-0.3, -0.25) is 14.7 Å². The van der Waals surface area contributed by atoms with E-state index in [1.165, 1.54) is 11.8 Å². The van der Waals surface area contributed by atoms with Crippen LogP contribution >= 0.6 is 11.8 Å². The van der Waals surface area contributed by atoms with Crippen molar-refractivity contribution in [2.45, 2.75) is 20.8 Å². The van der Waals surface area contributed by atoms with E-state index in [0.29, 0.717) is 49.3 Å². The number of carbonyl (C=O) groups is 1. The average Bonchev–Trinajstić information content (AvgIpc) is 3.07. The average molecular weight is 441 g/mol. The number of hydrogen-bond acceptors (Lipinski definition) is 6. The third kappa shape index (κ3) is 6.04. The molecule has 6 nitrogen and oxygen atoms in total. The normalized spacial score (nSPS) is 16.2. The van der Waals surface area contributed by atoms with Crippen molar-refractivity contribution < 1.29 is 19.0 Å². The molecule has 2 aromatic rings. The lowest BCUT2D eigenvalue weighted by Crippen LogP contribution is -2.28. The number of amides is 1. The van der Waals surface area contributed by atoms with Gasteiger partial charge in [-0.15, -0.1) is 0 Å². The van der Waals surface area contributed by atoms with Gasteiger partial charge in [0.1, 0.15) is 19.0 Å². The van der Waals surface area contributed by atoms with Crippen LogP contribution in [0.15, 0.2) is 58.4 Å². The van der Waals surface area contributed by atoms with Crippen molar-refractivity contribution in [1.82, 2.24) is 4.90 Å². The minimum absolute atomic E-state index is 0.0175. The molecule has 0 spiro atoms. The third-order valence-corrected chi connectivity index (χ3v) is 5.46. The van der Waals surface area contributed by atoms with Gasteiger partial charge in [0.05, 0.1) is 11.5 Å². The topological polar surface area (TPSA) is 60.4 Å². The monoisotopic (exact) mass is 440 g/mol. The Hall–Kier alpha value is -2.93. The molecule has 1 fully saturated rings. The van der Waals surface area contributed by atoms with Gasteiger partial charge in [-0.05, 0) is 68.4 Å². The first-order chi connectivity index (χ1) is 15.2. The minimum Gasteiger partial charge on any atom is -0.490 e. The van der Waals surface area contributed by atoms with Crippen molar-refractivity contribution in [2.24, 2.45) is 4.99 Å². The van der Waals surface area contributed by atoms with Crippen LogP contribution < -0.4 is 14.2 Å². The number of para-hydroxylation sites is 1. The van der Waals surface area contributed by atoms with Crippen molar-refractivity contribution in [2.75, 3.05) is 32.9 Å². The molecule has 1 aliphatic heterocycles. The maximum Gasteiger partial charge on any atom is 0.266 e. The lowest BCUT2D eigenvalue weighted by atomic mass is 10.2. The SMILES string of the molecule is CCN=C1SC(=Cc2ccc(OCCOc3ccccc3)c(OCC)c2)C(=O)N1CC. The highest BCUT2D eigenvalue weighted by atomic mass is 32.2. The zero-order valence-corrected chi connectivity index (χ0v) is 19.0. The standard InChI is InChI=1S/C24H28N2O4S/c1-4-25-24-26(5-2)23(27)22(31-24)17-18-12-13-20(21(16-18)28-6-3)30-15-14-29-19-10-8-7-9-11-19/h7-13,16-17H,4-6,14-15H2,1-3H3. The largest absolute Gasteiger partial charge is 0.490 e. The van der Waals surface area contributed by atoms with E-state index < -0.39 is 0 Å². The van der Waals surface area contributed by atoms with Gasteiger partial charge >= 0.3 is 0 Å². The predicted octanol–water partition coefficient (Wildman–Crippen LogP) is 4.86. The van der Waals surface area contributed by atoms with Gasteiger partial charge in [-0.2, -0.15) is 0 Å². The smallest absolute Gasteiger partial charge is 0.266 e. The number of thioether (sulfide) groups is 1. The van der Waals surface area contributed by atoms with Gasteiger partial charge in [0, 0.05) is 13.1 Å². The molecule has 0 aliphatic carbocycles. The maximum absolute atomic E-state index is 12.7. The molecular formula is C24H28N2O4S. The summed E-state index contributed by atoms with van der Waals surface area (Å²) in [7, 11) is 0. The fraction of sp³-hybridized carbons (Fsp3) is 0.333. The highest BCUT2D eigenvalue weighted by Gasteiger charge is 2.31. The van der Waals surface area contributed by atoms with E-state index in [0.717, 1.165) is 16.5 Å². The van der Waals surface area contributed by atoms with Gasteiger partial charge in [0.25, 0.3) is 5.91 Å². The highest BCUT2D eigenvalue weighted by molar-refractivity contribution is 8.18. The minimum atomic E-state index is -0.0175. The summed E-state index contributed by atoms with van der Waals surface area (Å²) in [6.45, 7) is 8.43. The number of nitrogens with zero attached hydrogens (tertiary/aromatic N) is 2. The molecule has 0 radical (unpaired) electrons. The number of amidine groups is 1. The second-order valence-electron chi connectivity index (χ2n) is 6.57. The fourth-order valence-electron chi connectivity index (χ4n) is 3.02. The Morgan fingerprint density at radius 1 is 0.968 bits per heavy atom. The Kier molecular flexibility index (Phi) is 8.41. The molecule has 1 heterocycles. The maximum atomic E-state index is 12.7. The first kappa shape index (κ1) is 22.7. The van der Waals surface area contributed by atoms with Crippen LogP contribution in [-0.2, 0) is 4.79 Å². The van der Waals surface area contributed by atoms with Crippen LogP contribution in [0.3, 0.4) is 0 Å². The molecule has 0 bridgehead atoms. The zero-order chi connectivity index (χ0) is 22.1. The van der Waals surface area contributed by atoms with E-state index >= 15 is 0 Å². The summed E-state index contributed by atoms with van der Waals surface area (Å²) in [5, 5.41) is 0.754. The van der Waals surface area contributed by atoms with E-state index in [1.807, 2.05) is 75.4 Å². The van der Waals surface area contributed by atoms with Gasteiger partial charge < -0.3 is 14.2 Å². The van der Waals surface area contributed by atoms with E-state index in [2.05, 4.69) is 4.99 Å². The van der Waals surface area contributed by atoms with Crippen LogP contribution in [0.2, 0.25) is 0 Å². The number of hydrogen-bond donors (Lipinski definition) is 0. The van der Waals surface area contributed by atoms with Crippen LogP contribution in [0.4, 0.5) is 0 Å². The number of likely N-dealkylation sites (N-methyl/N-ethyl adjacent to an activating group) is 1. The summed E-state index contributed by atoms with van der Waals surface area (Å²) in [6.07, 6.45) is 1.87. The Morgan fingerprint density at radius 3 is 2.45 bits per heavy atom. The molecule has 1 saturated heterocycles. The predicted molar refractivity (Wildman–Crippen MR) is 126 cm³/mol. The van der Waals surface area contributed by atoms with Crippen molar-refractivity contribution in [3.8, 4) is 17.2 Å². The van der Waals surface area contributed by atoms with Crippen LogP contribution in [-0.4, -0.2) is 48.9 Å². The third-order valence-electron chi connectivity index (χ3n) is 4.42. The van der Waals surface area contributed by atoms with Gasteiger partial charge in [0.2, 0.25) is 0 Å². The quantitative estimate of drug-likeness (QED) is 0.390. The van der Waals surface area contributed by atoms with Crippen molar-refractivity contribution >= 4 is 28.9 Å². The molecule has 1 aliphatic rings. The lowest BCUT2D eigenvalue weighted by molar-refractivity contribution is -0.122. The second kappa shape index (κ2) is 11.5. The molecular weight excluding hydrogens is 412 g/mol. The van der Waals surface area contributed by atoms with E-state index in [-0.39, 0.29) is 5.91 Å². The van der Waals surface area contributed by atoms with Crippen LogP contribution in [0, 0.1) is 0 Å². The Labute approximate surface area is 187 Å². The van der Waals surface area contributed by atoms with Crippen molar-refractivity contribution in [3.05, 3.63) is 59.0 Å². The molecule has 3 rings (SSSR count). The lowest BCUT2D eigenvalue weighted by Gasteiger charge is -2.13. The van der Waals surface area contributed by atoms with Gasteiger partial charge in [-0.25, -0.2) is 0 Å². The Balaban J connectivity index is 1.69. The molecule has 7 heteroatoms. The first-order valence-corrected chi connectivity index (χ1v) is 11.3. The summed E-state index contributed by atoms with van der Waals surface area (Å²) in [5.41, 5.74) is 0.876. The number of aliphatic imine (C=N–C) groups is 1. The van der Waals surface area contributed by atoms with E-state index in [9.17, 15) is 4.79 Å². The molecule has 0 saturated carbocycles. The fourth-order valence-corrected chi connectivity index (χ4v) is 4.13. The zero-order valence-electron chi connectivity index (χ0n) is 18.2. The number of carbonyl (C=O) groups excluding carboxylic acids is 1. The highest BCUT2D eigenvalue weighted by Crippen LogP contribution is 2.34. The van der Waals surface area contributed by atoms with Crippen LogP contribution in [0.1, 0.15) is 26.3 Å². The number of rotatable bonds is 10. The molecule has 0 atom stereocenters. The molecule has 31 heavy (non-hydrogen) atoms. The molecule has 1 amide bonds. The molecule has 0 aromatic heterocycles.